The number of nitrogens with zero attached hydrogens (tertiary/aromatic N) is 1. The molecule has 6 nitrogen and oxygen atoms in total. The Bertz CT molecular complexity index is 210. The third kappa shape index (κ3) is 14.8. The molecular formula is C11H24N2O4. The second-order valence-electron chi connectivity index (χ2n) is 3.91. The van der Waals surface area contributed by atoms with Gasteiger partial charge in [0.05, 0.1) is 0 Å². The maximum atomic E-state index is 11.1. The highest BCUT2D eigenvalue weighted by molar-refractivity contribution is 5.79. The van der Waals surface area contributed by atoms with Gasteiger partial charge in [0.2, 0.25) is 0 Å². The van der Waals surface area contributed by atoms with Gasteiger partial charge in [0.25, 0.3) is 5.09 Å². The zero-order valence-electron chi connectivity index (χ0n) is 10.7. The van der Waals surface area contributed by atoms with Crippen LogP contribution in [0.15, 0.2) is 0 Å². The van der Waals surface area contributed by atoms with Crippen molar-refractivity contribution in [3.63, 3.8) is 0 Å². The summed E-state index contributed by atoms with van der Waals surface area (Å²) >= 11 is 0. The van der Waals surface area contributed by atoms with Crippen molar-refractivity contribution >= 4 is 5.78 Å². The van der Waals surface area contributed by atoms with E-state index in [2.05, 4.69) is 11.8 Å². The lowest BCUT2D eigenvalue weighted by molar-refractivity contribution is -0.754. The van der Waals surface area contributed by atoms with Crippen LogP contribution in [0.25, 0.3) is 0 Å². The first-order chi connectivity index (χ1) is 7.66. The molecule has 0 aliphatic heterocycles. The van der Waals surface area contributed by atoms with Gasteiger partial charge in [-0.05, 0) is 6.42 Å². The van der Waals surface area contributed by atoms with Gasteiger partial charge in [0, 0.05) is 6.42 Å². The highest BCUT2D eigenvalue weighted by atomic mass is 16.9. The number of Topliss-reactive ketones (excluding diaryl/α,β-unsaturated/α-hetero) is 1. The van der Waals surface area contributed by atoms with Crippen molar-refractivity contribution in [2.45, 2.75) is 58.3 Å². The Morgan fingerprint density at radius 3 is 2.18 bits per heavy atom. The first kappa shape index (κ1) is 18.2. The summed E-state index contributed by atoms with van der Waals surface area (Å²) in [5.74, 6) is -0.190. The minimum Gasteiger partial charge on any atom is -0.344 e. The molecule has 17 heavy (non-hydrogen) atoms. The van der Waals surface area contributed by atoms with E-state index in [0.717, 1.165) is 19.3 Å². The van der Waals surface area contributed by atoms with Crippen molar-refractivity contribution in [3.8, 4) is 0 Å². The van der Waals surface area contributed by atoms with Crippen LogP contribution in [-0.4, -0.2) is 17.5 Å². The maximum Gasteiger partial charge on any atom is 0.294 e. The van der Waals surface area contributed by atoms with Crippen LogP contribution in [0, 0.1) is 10.1 Å². The molecule has 3 N–H and O–H groups in total. The number of hydrogen-bond donors (Lipinski definition) is 1. The van der Waals surface area contributed by atoms with Crippen LogP contribution in [0.2, 0.25) is 0 Å². The number of unbranched alkanes of at least 4 members (excludes halogenated alkanes) is 6. The lowest BCUT2D eigenvalue weighted by Gasteiger charge is -2.01. The van der Waals surface area contributed by atoms with E-state index < -0.39 is 11.7 Å². The molecule has 0 spiro atoms. The summed E-state index contributed by atoms with van der Waals surface area (Å²) in [5, 5.41) is 8.88. The van der Waals surface area contributed by atoms with E-state index in [0.29, 0.717) is 6.42 Å². The molecule has 0 aromatic heterocycles. The van der Waals surface area contributed by atoms with Crippen LogP contribution in [0.3, 0.4) is 0 Å². The molecule has 0 unspecified atom stereocenters. The molecule has 0 saturated heterocycles. The largest absolute Gasteiger partial charge is 0.344 e. The Balaban J connectivity index is 0. The molecule has 0 aliphatic rings. The molecule has 0 aliphatic carbocycles. The van der Waals surface area contributed by atoms with Crippen LogP contribution in [-0.2, 0) is 9.63 Å². The highest BCUT2D eigenvalue weighted by Gasteiger charge is 2.04. The monoisotopic (exact) mass is 248 g/mol. The van der Waals surface area contributed by atoms with Gasteiger partial charge in [0.15, 0.2) is 12.4 Å². The van der Waals surface area contributed by atoms with Crippen LogP contribution in [0.5, 0.6) is 0 Å². The van der Waals surface area contributed by atoms with E-state index >= 15 is 0 Å². The van der Waals surface area contributed by atoms with Crippen molar-refractivity contribution < 1.29 is 14.7 Å². The van der Waals surface area contributed by atoms with Crippen LogP contribution >= 0.6 is 0 Å². The summed E-state index contributed by atoms with van der Waals surface area (Å²) in [6.45, 7) is 1.77. The lowest BCUT2D eigenvalue weighted by atomic mass is 10.1. The van der Waals surface area contributed by atoms with Crippen molar-refractivity contribution in [2.75, 3.05) is 6.61 Å². The van der Waals surface area contributed by atoms with Crippen LogP contribution in [0.1, 0.15) is 58.3 Å². The fraction of sp³-hybridized carbons (Fsp3) is 0.909. The molecule has 0 aromatic carbocycles. The van der Waals surface area contributed by atoms with Crippen LogP contribution in [0.4, 0.5) is 0 Å². The number of ketones is 1. The van der Waals surface area contributed by atoms with Gasteiger partial charge >= 0.3 is 0 Å². The second-order valence-corrected chi connectivity index (χ2v) is 3.91. The predicted octanol–water partition coefficient (Wildman–Crippen LogP) is 3.07. The highest BCUT2D eigenvalue weighted by Crippen LogP contribution is 2.08. The predicted molar refractivity (Wildman–Crippen MR) is 65.6 cm³/mol. The molecule has 0 radical (unpaired) electrons. The van der Waals surface area contributed by atoms with E-state index in [-0.39, 0.29) is 11.9 Å². The first-order valence-electron chi connectivity index (χ1n) is 5.95. The minimum atomic E-state index is -0.928. The topological polar surface area (TPSA) is 104 Å². The summed E-state index contributed by atoms with van der Waals surface area (Å²) < 4.78 is 0. The zero-order valence-corrected chi connectivity index (χ0v) is 10.7. The number of carbonyl (C=O) groups is 1. The maximum absolute atomic E-state index is 11.1. The Kier molecular flexibility index (Phi) is 13.8. The molecule has 102 valence electrons. The van der Waals surface area contributed by atoms with Gasteiger partial charge in [-0.3, -0.25) is 4.79 Å². The fourth-order valence-corrected chi connectivity index (χ4v) is 1.48. The van der Waals surface area contributed by atoms with Crippen LogP contribution < -0.4 is 6.15 Å². The SMILES string of the molecule is CCCCCCCCCC(=O)CO[N+](=O)[O-].N. The van der Waals surface area contributed by atoms with E-state index in [1.807, 2.05) is 0 Å². The van der Waals surface area contributed by atoms with Gasteiger partial charge in [-0.2, -0.15) is 0 Å². The smallest absolute Gasteiger partial charge is 0.294 e. The molecule has 0 heterocycles. The van der Waals surface area contributed by atoms with Gasteiger partial charge in [-0.15, -0.1) is 10.1 Å². The van der Waals surface area contributed by atoms with Crippen molar-refractivity contribution in [1.29, 1.82) is 0 Å². The summed E-state index contributed by atoms with van der Waals surface area (Å²) in [6.07, 6.45) is 8.35. The zero-order chi connectivity index (χ0) is 12.2. The quantitative estimate of drug-likeness (QED) is 0.343. The third-order valence-electron chi connectivity index (χ3n) is 2.39. The molecule has 6 heteroatoms. The second kappa shape index (κ2) is 12.9. The molecule has 0 saturated carbocycles. The Labute approximate surface area is 102 Å². The van der Waals surface area contributed by atoms with E-state index in [9.17, 15) is 14.9 Å². The summed E-state index contributed by atoms with van der Waals surface area (Å²) in [5.41, 5.74) is 0. The van der Waals surface area contributed by atoms with Gasteiger partial charge in [0.1, 0.15) is 0 Å². The number of carbonyl (C=O) groups excluding carboxylic acids is 1. The van der Waals surface area contributed by atoms with Gasteiger partial charge in [-0.1, -0.05) is 45.4 Å². The third-order valence-corrected chi connectivity index (χ3v) is 2.39. The normalized spacial score (nSPS) is 9.47. The molecule has 0 fully saturated rings. The molecule has 0 atom stereocenters. The Morgan fingerprint density at radius 2 is 1.65 bits per heavy atom. The minimum absolute atomic E-state index is 0. The first-order valence-corrected chi connectivity index (χ1v) is 5.95. The van der Waals surface area contributed by atoms with Crippen molar-refractivity contribution in [1.82, 2.24) is 6.15 Å². The standard InChI is InChI=1S/C11H21NO4.H3N/c1-2-3-4-5-6-7-8-9-11(13)10-16-12(14)15;/h2-10H2,1H3;1H3. The fourth-order valence-electron chi connectivity index (χ4n) is 1.48. The average Bonchev–Trinajstić information content (AvgIpc) is 2.25. The molecule has 0 bridgehead atoms. The number of hydrogen-bond acceptors (Lipinski definition) is 5. The van der Waals surface area contributed by atoms with Gasteiger partial charge in [-0.25, -0.2) is 0 Å². The van der Waals surface area contributed by atoms with Crippen molar-refractivity contribution in [3.05, 3.63) is 10.1 Å². The van der Waals surface area contributed by atoms with Crippen molar-refractivity contribution in [2.24, 2.45) is 0 Å². The lowest BCUT2D eigenvalue weighted by Crippen LogP contribution is -2.12. The number of rotatable bonds is 11. The Hall–Kier alpha value is -1.17. The summed E-state index contributed by atoms with van der Waals surface area (Å²) in [7, 11) is 0. The molecular weight excluding hydrogens is 224 g/mol. The van der Waals surface area contributed by atoms with E-state index in [1.54, 1.807) is 0 Å². The average molecular weight is 248 g/mol. The molecule has 0 amide bonds. The molecule has 0 aromatic rings. The van der Waals surface area contributed by atoms with Gasteiger partial charge < -0.3 is 11.0 Å². The molecule has 0 rings (SSSR count). The Morgan fingerprint density at radius 1 is 1.12 bits per heavy atom. The summed E-state index contributed by atoms with van der Waals surface area (Å²) in [4.78, 5) is 24.9. The van der Waals surface area contributed by atoms with E-state index in [4.69, 9.17) is 0 Å². The summed E-state index contributed by atoms with van der Waals surface area (Å²) in [6, 6.07) is 0. The van der Waals surface area contributed by atoms with E-state index in [1.165, 1.54) is 25.7 Å².